The lowest BCUT2D eigenvalue weighted by atomic mass is 9.68. The van der Waals surface area contributed by atoms with Crippen molar-refractivity contribution in [3.63, 3.8) is 0 Å². The molecule has 21 heavy (non-hydrogen) atoms. The zero-order valence-corrected chi connectivity index (χ0v) is 11.6. The van der Waals surface area contributed by atoms with Crippen LogP contribution in [-0.4, -0.2) is 16.0 Å². The maximum atomic E-state index is 13.0. The third-order valence-electron chi connectivity index (χ3n) is 4.94. The lowest BCUT2D eigenvalue weighted by molar-refractivity contribution is 0.0770. The number of benzene rings is 2. The first-order valence-electron chi connectivity index (χ1n) is 7.25. The van der Waals surface area contributed by atoms with Crippen LogP contribution in [0.5, 0.6) is 11.5 Å². The topological polar surface area (TPSA) is 57.5 Å². The molecule has 3 nitrogen and oxygen atoms in total. The van der Waals surface area contributed by atoms with Gasteiger partial charge in [0.1, 0.15) is 11.5 Å². The second-order valence-corrected chi connectivity index (χ2v) is 6.26. The number of fused-ring (bicyclic) bond motifs is 2. The van der Waals surface area contributed by atoms with E-state index in [0.717, 1.165) is 36.0 Å². The number of hydrogen-bond acceptors (Lipinski definition) is 3. The van der Waals surface area contributed by atoms with Crippen molar-refractivity contribution in [1.29, 1.82) is 0 Å². The first-order valence-corrected chi connectivity index (χ1v) is 7.25. The summed E-state index contributed by atoms with van der Waals surface area (Å²) in [5, 5.41) is 19.3. The molecule has 3 heteroatoms. The second-order valence-electron chi connectivity index (χ2n) is 6.26. The van der Waals surface area contributed by atoms with Crippen LogP contribution in [-0.2, 0) is 19.3 Å². The van der Waals surface area contributed by atoms with Crippen molar-refractivity contribution in [2.24, 2.45) is 5.41 Å². The number of phenolic OH excluding ortho intramolecular Hbond substituents is 2. The number of aryl methyl sites for hydroxylation is 1. The summed E-state index contributed by atoms with van der Waals surface area (Å²) in [7, 11) is 0. The minimum absolute atomic E-state index is 0.135. The van der Waals surface area contributed by atoms with Gasteiger partial charge in [0.2, 0.25) is 0 Å². The summed E-state index contributed by atoms with van der Waals surface area (Å²) in [5.74, 6) is 0.537. The van der Waals surface area contributed by atoms with Gasteiger partial charge in [0.25, 0.3) is 0 Å². The van der Waals surface area contributed by atoms with E-state index in [1.807, 2.05) is 12.1 Å². The Morgan fingerprint density at radius 3 is 2.33 bits per heavy atom. The van der Waals surface area contributed by atoms with Gasteiger partial charge in [-0.15, -0.1) is 0 Å². The first kappa shape index (κ1) is 12.5. The number of Topliss-reactive ketones (excluding diaryl/α,β-unsaturated/α-hetero) is 1. The van der Waals surface area contributed by atoms with Crippen molar-refractivity contribution >= 4 is 5.78 Å². The largest absolute Gasteiger partial charge is 0.508 e. The van der Waals surface area contributed by atoms with Gasteiger partial charge in [0.05, 0.1) is 0 Å². The first-order chi connectivity index (χ1) is 10.1. The van der Waals surface area contributed by atoms with Crippen molar-refractivity contribution in [1.82, 2.24) is 0 Å². The van der Waals surface area contributed by atoms with E-state index in [0.29, 0.717) is 12.0 Å². The summed E-state index contributed by atoms with van der Waals surface area (Å²) in [4.78, 5) is 13.0. The average molecular weight is 280 g/mol. The number of carbonyl (C=O) groups is 1. The zero-order valence-electron chi connectivity index (χ0n) is 11.6. The van der Waals surface area contributed by atoms with Gasteiger partial charge in [-0.1, -0.05) is 12.1 Å². The maximum Gasteiger partial charge on any atom is 0.170 e. The quantitative estimate of drug-likeness (QED) is 0.780. The maximum absolute atomic E-state index is 13.0. The molecule has 0 fully saturated rings. The van der Waals surface area contributed by atoms with E-state index in [-0.39, 0.29) is 17.3 Å². The predicted octanol–water partition coefficient (Wildman–Crippen LogP) is 3.01. The Hall–Kier alpha value is -2.29. The smallest absolute Gasteiger partial charge is 0.170 e. The third-order valence-corrected chi connectivity index (χ3v) is 4.94. The summed E-state index contributed by atoms with van der Waals surface area (Å²) in [5.41, 5.74) is 3.54. The fourth-order valence-corrected chi connectivity index (χ4v) is 3.85. The van der Waals surface area contributed by atoms with Gasteiger partial charge in [-0.3, -0.25) is 4.79 Å². The van der Waals surface area contributed by atoms with Gasteiger partial charge in [-0.05, 0) is 66.6 Å². The van der Waals surface area contributed by atoms with Crippen LogP contribution in [0.25, 0.3) is 0 Å². The standard InChI is InChI=1S/C18H16O3/c19-14-4-2-12-9-18(10-13(12)7-14)6-5-11-1-3-15(20)8-16(11)17(18)21/h1-4,7-8,19-20H,5-6,9-10H2. The fourth-order valence-electron chi connectivity index (χ4n) is 3.85. The normalized spacial score (nSPS) is 23.1. The predicted molar refractivity (Wildman–Crippen MR) is 78.7 cm³/mol. The average Bonchev–Trinajstić information content (AvgIpc) is 2.82. The van der Waals surface area contributed by atoms with E-state index < -0.39 is 5.41 Å². The molecule has 1 atom stereocenters. The summed E-state index contributed by atoms with van der Waals surface area (Å²) in [6.07, 6.45) is 3.11. The minimum Gasteiger partial charge on any atom is -0.508 e. The molecule has 0 amide bonds. The molecule has 4 rings (SSSR count). The number of ketones is 1. The fraction of sp³-hybridized carbons (Fsp3) is 0.278. The van der Waals surface area contributed by atoms with Crippen molar-refractivity contribution in [3.05, 3.63) is 58.7 Å². The summed E-state index contributed by atoms with van der Waals surface area (Å²) in [6.45, 7) is 0. The number of aromatic hydroxyl groups is 2. The molecule has 0 heterocycles. The molecular weight excluding hydrogens is 264 g/mol. The Morgan fingerprint density at radius 2 is 1.52 bits per heavy atom. The van der Waals surface area contributed by atoms with Crippen LogP contribution in [0.3, 0.4) is 0 Å². The SMILES string of the molecule is O=C1c2cc(O)ccc2CCC12Cc1ccc(O)cc1C2. The molecule has 0 radical (unpaired) electrons. The molecule has 1 unspecified atom stereocenters. The molecule has 1 spiro atoms. The molecular formula is C18H16O3. The number of rotatable bonds is 0. The monoisotopic (exact) mass is 280 g/mol. The highest BCUT2D eigenvalue weighted by Crippen LogP contribution is 2.47. The van der Waals surface area contributed by atoms with E-state index >= 15 is 0 Å². The second kappa shape index (κ2) is 4.10. The third kappa shape index (κ3) is 1.77. The van der Waals surface area contributed by atoms with E-state index in [1.165, 1.54) is 0 Å². The zero-order chi connectivity index (χ0) is 14.6. The molecule has 2 aliphatic rings. The van der Waals surface area contributed by atoms with Crippen LogP contribution < -0.4 is 0 Å². The lowest BCUT2D eigenvalue weighted by Gasteiger charge is -2.33. The summed E-state index contributed by atoms with van der Waals surface area (Å²) in [6, 6.07) is 10.5. The number of carbonyl (C=O) groups excluding carboxylic acids is 1. The Balaban J connectivity index is 1.77. The Labute approximate surface area is 122 Å². The van der Waals surface area contributed by atoms with E-state index in [1.54, 1.807) is 24.3 Å². The van der Waals surface area contributed by atoms with Crippen LogP contribution in [0.2, 0.25) is 0 Å². The lowest BCUT2D eigenvalue weighted by Crippen LogP contribution is -2.36. The van der Waals surface area contributed by atoms with E-state index in [2.05, 4.69) is 0 Å². The van der Waals surface area contributed by atoms with Crippen LogP contribution in [0.15, 0.2) is 36.4 Å². The summed E-state index contributed by atoms with van der Waals surface area (Å²) >= 11 is 0. The Bertz CT molecular complexity index is 763. The van der Waals surface area contributed by atoms with Crippen LogP contribution in [0, 0.1) is 5.41 Å². The molecule has 2 aromatic rings. The Kier molecular flexibility index (Phi) is 2.43. The van der Waals surface area contributed by atoms with Crippen LogP contribution in [0.1, 0.15) is 33.5 Å². The van der Waals surface area contributed by atoms with Crippen molar-refractivity contribution < 1.29 is 15.0 Å². The Morgan fingerprint density at radius 1 is 0.857 bits per heavy atom. The van der Waals surface area contributed by atoms with Gasteiger partial charge in [0, 0.05) is 11.0 Å². The molecule has 0 aromatic heterocycles. The highest BCUT2D eigenvalue weighted by Gasteiger charge is 2.46. The molecule has 0 saturated heterocycles. The van der Waals surface area contributed by atoms with Gasteiger partial charge in [0.15, 0.2) is 5.78 Å². The molecule has 2 aliphatic carbocycles. The molecule has 0 bridgehead atoms. The van der Waals surface area contributed by atoms with Crippen LogP contribution in [0.4, 0.5) is 0 Å². The molecule has 0 saturated carbocycles. The summed E-state index contributed by atoms with van der Waals surface area (Å²) < 4.78 is 0. The molecule has 106 valence electrons. The highest BCUT2D eigenvalue weighted by atomic mass is 16.3. The van der Waals surface area contributed by atoms with Crippen LogP contribution >= 0.6 is 0 Å². The molecule has 2 aromatic carbocycles. The van der Waals surface area contributed by atoms with E-state index in [4.69, 9.17) is 0 Å². The van der Waals surface area contributed by atoms with Gasteiger partial charge >= 0.3 is 0 Å². The number of hydrogen-bond donors (Lipinski definition) is 2. The molecule has 2 N–H and O–H groups in total. The number of phenols is 2. The van der Waals surface area contributed by atoms with Gasteiger partial charge in [-0.2, -0.15) is 0 Å². The highest BCUT2D eigenvalue weighted by molar-refractivity contribution is 6.04. The van der Waals surface area contributed by atoms with Crippen molar-refractivity contribution in [2.45, 2.75) is 25.7 Å². The molecule has 0 aliphatic heterocycles. The van der Waals surface area contributed by atoms with Crippen molar-refractivity contribution in [2.75, 3.05) is 0 Å². The van der Waals surface area contributed by atoms with Crippen molar-refractivity contribution in [3.8, 4) is 11.5 Å². The minimum atomic E-state index is -0.392. The van der Waals surface area contributed by atoms with E-state index in [9.17, 15) is 15.0 Å². The van der Waals surface area contributed by atoms with Gasteiger partial charge in [-0.25, -0.2) is 0 Å². The van der Waals surface area contributed by atoms with Gasteiger partial charge < -0.3 is 10.2 Å².